The first-order valence-corrected chi connectivity index (χ1v) is 2.72. The van der Waals surface area contributed by atoms with Crippen molar-refractivity contribution in [1.82, 2.24) is 0 Å². The first-order valence-electron chi connectivity index (χ1n) is 2.72. The highest BCUT2D eigenvalue weighted by Crippen LogP contribution is 2.05. The van der Waals surface area contributed by atoms with Gasteiger partial charge in [-0.1, -0.05) is 5.16 Å². The summed E-state index contributed by atoms with van der Waals surface area (Å²) in [6.45, 7) is 7.70. The van der Waals surface area contributed by atoms with E-state index in [4.69, 9.17) is 4.84 Å². The second kappa shape index (κ2) is 2.70. The van der Waals surface area contributed by atoms with Gasteiger partial charge in [-0.15, -0.1) is 0 Å². The van der Waals surface area contributed by atoms with Gasteiger partial charge in [0, 0.05) is 6.21 Å². The van der Waals surface area contributed by atoms with Crippen LogP contribution in [0.25, 0.3) is 0 Å². The summed E-state index contributed by atoms with van der Waals surface area (Å²) >= 11 is 0. The monoisotopic (exact) mass is 115 g/mol. The van der Waals surface area contributed by atoms with Crippen molar-refractivity contribution >= 4 is 6.21 Å². The van der Waals surface area contributed by atoms with Crippen LogP contribution in [0.4, 0.5) is 0 Å². The summed E-state index contributed by atoms with van der Waals surface area (Å²) in [7, 11) is 0. The predicted molar refractivity (Wildman–Crippen MR) is 35.0 cm³/mol. The Labute approximate surface area is 50.5 Å². The van der Waals surface area contributed by atoms with E-state index in [2.05, 4.69) is 5.16 Å². The lowest BCUT2D eigenvalue weighted by Gasteiger charge is -2.14. The Bertz CT molecular complexity index is 81.0. The molecule has 0 saturated heterocycles. The minimum absolute atomic E-state index is 0.146. The molecule has 0 spiro atoms. The molecule has 0 bridgehead atoms. The molecule has 2 nitrogen and oxygen atoms in total. The highest BCUT2D eigenvalue weighted by Gasteiger charge is 2.08. The fraction of sp³-hybridized carbons (Fsp3) is 0.833. The quantitative estimate of drug-likeness (QED) is 0.377. The van der Waals surface area contributed by atoms with Crippen LogP contribution in [-0.4, -0.2) is 11.8 Å². The second-order valence-corrected chi connectivity index (χ2v) is 2.57. The lowest BCUT2D eigenvalue weighted by molar-refractivity contribution is 0.00180. The van der Waals surface area contributed by atoms with Gasteiger partial charge in [0.2, 0.25) is 0 Å². The molecule has 0 heterocycles. The molecule has 2 heteroatoms. The molecule has 0 aliphatic rings. The van der Waals surface area contributed by atoms with Gasteiger partial charge in [0.15, 0.2) is 0 Å². The smallest absolute Gasteiger partial charge is 0.129 e. The van der Waals surface area contributed by atoms with Crippen molar-refractivity contribution < 1.29 is 4.84 Å². The van der Waals surface area contributed by atoms with Gasteiger partial charge >= 0.3 is 0 Å². The lowest BCUT2D eigenvalue weighted by Crippen LogP contribution is -2.15. The largest absolute Gasteiger partial charge is 0.390 e. The Kier molecular flexibility index (Phi) is 2.52. The third-order valence-corrected chi connectivity index (χ3v) is 0.432. The average Bonchev–Trinajstić information content (AvgIpc) is 1.59. The van der Waals surface area contributed by atoms with Crippen molar-refractivity contribution in [3.63, 3.8) is 0 Å². The van der Waals surface area contributed by atoms with Crippen LogP contribution in [0.5, 0.6) is 0 Å². The number of oxime groups is 1. The Morgan fingerprint density at radius 1 is 1.38 bits per heavy atom. The Hall–Kier alpha value is -0.530. The Balaban J connectivity index is 3.39. The van der Waals surface area contributed by atoms with E-state index in [1.807, 2.05) is 27.7 Å². The molecule has 0 amide bonds. The maximum atomic E-state index is 4.95. The van der Waals surface area contributed by atoms with Gasteiger partial charge in [0.1, 0.15) is 5.60 Å². The number of nitrogens with zero attached hydrogens (tertiary/aromatic N) is 1. The first kappa shape index (κ1) is 7.47. The molecule has 48 valence electrons. The van der Waals surface area contributed by atoms with E-state index >= 15 is 0 Å². The molecule has 0 aliphatic heterocycles. The van der Waals surface area contributed by atoms with Crippen LogP contribution < -0.4 is 0 Å². The lowest BCUT2D eigenvalue weighted by atomic mass is 10.2. The maximum absolute atomic E-state index is 4.95. The molecule has 0 aliphatic carbocycles. The van der Waals surface area contributed by atoms with Crippen LogP contribution >= 0.6 is 0 Å². The first-order chi connectivity index (χ1) is 3.56. The topological polar surface area (TPSA) is 21.6 Å². The average molecular weight is 115 g/mol. The Morgan fingerprint density at radius 3 is 2.00 bits per heavy atom. The maximum Gasteiger partial charge on any atom is 0.129 e. The molecule has 0 atom stereocenters. The zero-order chi connectivity index (χ0) is 6.62. The van der Waals surface area contributed by atoms with E-state index < -0.39 is 0 Å². The molecule has 0 saturated carbocycles. The van der Waals surface area contributed by atoms with Crippen LogP contribution in [0.1, 0.15) is 27.7 Å². The van der Waals surface area contributed by atoms with Crippen molar-refractivity contribution in [3.05, 3.63) is 0 Å². The second-order valence-electron chi connectivity index (χ2n) is 2.57. The molecule has 0 aromatic heterocycles. The van der Waals surface area contributed by atoms with Crippen LogP contribution in [0.2, 0.25) is 0 Å². The van der Waals surface area contributed by atoms with Crippen molar-refractivity contribution in [2.75, 3.05) is 0 Å². The minimum atomic E-state index is -0.146. The van der Waals surface area contributed by atoms with Gasteiger partial charge in [-0.2, -0.15) is 0 Å². The highest BCUT2D eigenvalue weighted by atomic mass is 16.6. The van der Waals surface area contributed by atoms with Gasteiger partial charge < -0.3 is 4.84 Å². The number of rotatable bonds is 1. The van der Waals surface area contributed by atoms with Gasteiger partial charge in [-0.25, -0.2) is 0 Å². The normalized spacial score (nSPS) is 12.5. The van der Waals surface area contributed by atoms with Gasteiger partial charge in [-0.3, -0.25) is 0 Å². The molecule has 0 fully saturated rings. The van der Waals surface area contributed by atoms with Gasteiger partial charge in [0.25, 0.3) is 0 Å². The predicted octanol–water partition coefficient (Wildman–Crippen LogP) is 1.81. The third-order valence-electron chi connectivity index (χ3n) is 0.432. The number of hydrogen-bond donors (Lipinski definition) is 0. The van der Waals surface area contributed by atoms with Crippen LogP contribution in [0, 0.1) is 0 Å². The van der Waals surface area contributed by atoms with Crippen molar-refractivity contribution in [2.24, 2.45) is 5.16 Å². The van der Waals surface area contributed by atoms with Gasteiger partial charge in [0.05, 0.1) is 0 Å². The molecule has 0 aromatic rings. The summed E-state index contributed by atoms with van der Waals surface area (Å²) in [6, 6.07) is 0. The van der Waals surface area contributed by atoms with E-state index in [1.54, 1.807) is 6.21 Å². The van der Waals surface area contributed by atoms with E-state index in [0.29, 0.717) is 0 Å². The van der Waals surface area contributed by atoms with Crippen LogP contribution in [0.3, 0.4) is 0 Å². The highest BCUT2D eigenvalue weighted by molar-refractivity contribution is 5.52. The summed E-state index contributed by atoms with van der Waals surface area (Å²) in [5, 5.41) is 3.62. The van der Waals surface area contributed by atoms with E-state index in [1.165, 1.54) is 0 Å². The molecule has 8 heavy (non-hydrogen) atoms. The summed E-state index contributed by atoms with van der Waals surface area (Å²) in [5.41, 5.74) is -0.146. The summed E-state index contributed by atoms with van der Waals surface area (Å²) in [5.74, 6) is 0. The van der Waals surface area contributed by atoms with Crippen LogP contribution in [-0.2, 0) is 4.84 Å². The third kappa shape index (κ3) is 5.47. The minimum Gasteiger partial charge on any atom is -0.390 e. The summed E-state index contributed by atoms with van der Waals surface area (Å²) in [4.78, 5) is 4.95. The van der Waals surface area contributed by atoms with E-state index in [9.17, 15) is 0 Å². The standard InChI is InChI=1S/C6H13NO/c1-5-7-8-6(2,3)4/h5H,1-4H3/b7-5+. The molecular formula is C6H13NO. The molecular weight excluding hydrogens is 102 g/mol. The molecule has 0 radical (unpaired) electrons. The fourth-order valence-electron chi connectivity index (χ4n) is 0.211. The SMILES string of the molecule is C/C=N/OC(C)(C)C. The zero-order valence-corrected chi connectivity index (χ0v) is 5.93. The molecule has 0 N–H and O–H groups in total. The van der Waals surface area contributed by atoms with Crippen molar-refractivity contribution in [3.8, 4) is 0 Å². The summed E-state index contributed by atoms with van der Waals surface area (Å²) < 4.78 is 0. The molecule has 0 unspecified atom stereocenters. The van der Waals surface area contributed by atoms with Crippen molar-refractivity contribution in [1.29, 1.82) is 0 Å². The van der Waals surface area contributed by atoms with E-state index in [-0.39, 0.29) is 5.60 Å². The summed E-state index contributed by atoms with van der Waals surface area (Å²) in [6.07, 6.45) is 1.63. The van der Waals surface area contributed by atoms with Gasteiger partial charge in [-0.05, 0) is 27.7 Å². The number of hydrogen-bond acceptors (Lipinski definition) is 2. The zero-order valence-electron chi connectivity index (χ0n) is 5.93. The fourth-order valence-corrected chi connectivity index (χ4v) is 0.211. The van der Waals surface area contributed by atoms with E-state index in [0.717, 1.165) is 0 Å². The molecule has 0 aromatic carbocycles. The van der Waals surface area contributed by atoms with Crippen molar-refractivity contribution in [2.45, 2.75) is 33.3 Å². The molecule has 0 rings (SSSR count). The van der Waals surface area contributed by atoms with Crippen LogP contribution in [0.15, 0.2) is 5.16 Å². The Morgan fingerprint density at radius 2 is 1.88 bits per heavy atom.